The number of carbonyl (C=O) groups is 2. The number of hydrogen-bond acceptors (Lipinski definition) is 5. The number of fused-ring (bicyclic) bond motifs is 1. The molecule has 3 aromatic rings. The number of methoxy groups -OCH3 is 1. The van der Waals surface area contributed by atoms with Gasteiger partial charge in [-0.25, -0.2) is 4.68 Å². The number of carbonyl (C=O) groups excluding carboxylic acids is 2. The Bertz CT molecular complexity index is 1450. The quantitative estimate of drug-likeness (QED) is 0.362. The Kier molecular flexibility index (Phi) is 8.24. The average molecular weight is 575 g/mol. The molecule has 0 bridgehead atoms. The molecule has 7 nitrogen and oxygen atoms in total. The smallest absolute Gasteiger partial charge is 0.242 e. The van der Waals surface area contributed by atoms with Gasteiger partial charge in [0.05, 0.1) is 29.5 Å². The van der Waals surface area contributed by atoms with Gasteiger partial charge in [0.25, 0.3) is 0 Å². The number of para-hydroxylation sites is 1. The Balaban J connectivity index is 1.74. The second-order valence-corrected chi connectivity index (χ2v) is 13.6. The summed E-state index contributed by atoms with van der Waals surface area (Å²) in [6, 6.07) is 14.3. The van der Waals surface area contributed by atoms with Gasteiger partial charge in [-0.05, 0) is 50.3 Å². The zero-order valence-electron chi connectivity index (χ0n) is 25.4. The summed E-state index contributed by atoms with van der Waals surface area (Å²) in [6.07, 6.45) is 1.98. The number of aromatic nitrogens is 2. The number of benzene rings is 2. The van der Waals surface area contributed by atoms with Crippen molar-refractivity contribution in [3.05, 3.63) is 70.4 Å². The van der Waals surface area contributed by atoms with Crippen LogP contribution in [-0.4, -0.2) is 59.0 Å². The molecule has 2 aromatic carbocycles. The monoisotopic (exact) mass is 574 g/mol. The molecule has 3 heterocycles. The Labute approximate surface area is 248 Å². The van der Waals surface area contributed by atoms with Crippen LogP contribution in [0.5, 0.6) is 5.75 Å². The molecule has 0 N–H and O–H groups in total. The largest absolute Gasteiger partial charge is 0.496 e. The summed E-state index contributed by atoms with van der Waals surface area (Å²) >= 11 is 1.58. The lowest BCUT2D eigenvalue weighted by molar-refractivity contribution is -0.132. The Morgan fingerprint density at radius 1 is 1.10 bits per heavy atom. The van der Waals surface area contributed by atoms with Crippen LogP contribution in [0.3, 0.4) is 0 Å². The van der Waals surface area contributed by atoms with E-state index in [0.717, 1.165) is 65.3 Å². The summed E-state index contributed by atoms with van der Waals surface area (Å²) in [5, 5.41) is 5.06. The van der Waals surface area contributed by atoms with E-state index in [-0.39, 0.29) is 34.8 Å². The SMILES string of the molecule is COc1ccccc1[C@@H]1SCC(=O)N(CC(=O)N2CCC(C)CC2)c2c1c(C(C)(C)C)nn2-c1ccc(C)cc1C. The minimum absolute atomic E-state index is 0.000393. The molecule has 1 atom stereocenters. The highest BCUT2D eigenvalue weighted by atomic mass is 32.2. The molecule has 5 rings (SSSR count). The molecule has 1 saturated heterocycles. The van der Waals surface area contributed by atoms with Crippen LogP contribution in [0.2, 0.25) is 0 Å². The Morgan fingerprint density at radius 2 is 1.80 bits per heavy atom. The molecular weight excluding hydrogens is 532 g/mol. The van der Waals surface area contributed by atoms with E-state index in [4.69, 9.17) is 9.84 Å². The van der Waals surface area contributed by atoms with Crippen molar-refractivity contribution in [2.24, 2.45) is 5.92 Å². The molecule has 8 heteroatoms. The van der Waals surface area contributed by atoms with Crippen molar-refractivity contribution < 1.29 is 14.3 Å². The fraction of sp³-hybridized carbons (Fsp3) is 0.485. The van der Waals surface area contributed by atoms with Crippen LogP contribution >= 0.6 is 11.8 Å². The van der Waals surface area contributed by atoms with Gasteiger partial charge in [-0.3, -0.25) is 14.5 Å². The van der Waals surface area contributed by atoms with Gasteiger partial charge < -0.3 is 9.64 Å². The highest BCUT2D eigenvalue weighted by Crippen LogP contribution is 2.50. The van der Waals surface area contributed by atoms with Gasteiger partial charge in [0.15, 0.2) is 0 Å². The van der Waals surface area contributed by atoms with Gasteiger partial charge in [-0.2, -0.15) is 5.10 Å². The van der Waals surface area contributed by atoms with E-state index in [1.807, 2.05) is 27.8 Å². The molecule has 2 aliphatic heterocycles. The molecule has 0 aliphatic carbocycles. The number of piperidine rings is 1. The molecule has 0 saturated carbocycles. The summed E-state index contributed by atoms with van der Waals surface area (Å²) in [7, 11) is 1.68. The standard InChI is InChI=1S/C33H42N4O3S/c1-21-14-16-35(17-15-21)27(38)19-36-28(39)20-41-30(24-10-8-9-11-26(24)40-7)29-31(33(4,5)6)34-37(32(29)36)25-13-12-22(2)18-23(25)3/h8-13,18,21,30H,14-17,19-20H2,1-7H3/t30-/m0/s1. The zero-order chi connectivity index (χ0) is 29.5. The third-order valence-corrected chi connectivity index (χ3v) is 9.47. The van der Waals surface area contributed by atoms with Crippen molar-refractivity contribution in [3.8, 4) is 11.4 Å². The highest BCUT2D eigenvalue weighted by Gasteiger charge is 2.41. The van der Waals surface area contributed by atoms with Crippen LogP contribution in [0.1, 0.15) is 73.7 Å². The van der Waals surface area contributed by atoms with Crippen LogP contribution in [-0.2, 0) is 15.0 Å². The van der Waals surface area contributed by atoms with Gasteiger partial charge in [0, 0.05) is 29.6 Å². The van der Waals surface area contributed by atoms with E-state index in [2.05, 4.69) is 65.8 Å². The number of amides is 2. The molecule has 0 unspecified atom stereocenters. The van der Waals surface area contributed by atoms with Gasteiger partial charge in [0.1, 0.15) is 18.1 Å². The first-order chi connectivity index (χ1) is 19.5. The van der Waals surface area contributed by atoms with Gasteiger partial charge in [-0.15, -0.1) is 11.8 Å². The van der Waals surface area contributed by atoms with Gasteiger partial charge in [-0.1, -0.05) is 63.6 Å². The van der Waals surface area contributed by atoms with Crippen molar-refractivity contribution in [1.29, 1.82) is 0 Å². The predicted octanol–water partition coefficient (Wildman–Crippen LogP) is 6.22. The first-order valence-electron chi connectivity index (χ1n) is 14.5. The Morgan fingerprint density at radius 3 is 2.46 bits per heavy atom. The van der Waals surface area contributed by atoms with Crippen LogP contribution in [0.15, 0.2) is 42.5 Å². The molecule has 0 radical (unpaired) electrons. The molecule has 2 aliphatic rings. The van der Waals surface area contributed by atoms with Gasteiger partial charge in [0.2, 0.25) is 11.8 Å². The lowest BCUT2D eigenvalue weighted by Crippen LogP contribution is -2.46. The van der Waals surface area contributed by atoms with Crippen LogP contribution in [0, 0.1) is 19.8 Å². The summed E-state index contributed by atoms with van der Waals surface area (Å²) in [5.41, 5.74) is 5.69. The number of thioether (sulfide) groups is 1. The minimum atomic E-state index is -0.319. The van der Waals surface area contributed by atoms with Crippen LogP contribution in [0.25, 0.3) is 5.69 Å². The predicted molar refractivity (Wildman–Crippen MR) is 166 cm³/mol. The maximum Gasteiger partial charge on any atom is 0.242 e. The molecule has 2 amide bonds. The summed E-state index contributed by atoms with van der Waals surface area (Å²) in [6.45, 7) is 14.3. The minimum Gasteiger partial charge on any atom is -0.496 e. The lowest BCUT2D eigenvalue weighted by atomic mass is 9.87. The molecular formula is C33H42N4O3S. The number of ether oxygens (including phenoxy) is 1. The fourth-order valence-electron chi connectivity index (χ4n) is 5.91. The number of hydrogen-bond donors (Lipinski definition) is 0. The van der Waals surface area contributed by atoms with E-state index >= 15 is 0 Å². The molecule has 0 spiro atoms. The average Bonchev–Trinajstić information content (AvgIpc) is 3.26. The van der Waals surface area contributed by atoms with Gasteiger partial charge >= 0.3 is 0 Å². The van der Waals surface area contributed by atoms with E-state index < -0.39 is 0 Å². The fourth-order valence-corrected chi connectivity index (χ4v) is 7.13. The summed E-state index contributed by atoms with van der Waals surface area (Å²) < 4.78 is 7.73. The van der Waals surface area contributed by atoms with Crippen molar-refractivity contribution >= 4 is 29.4 Å². The van der Waals surface area contributed by atoms with E-state index in [1.54, 1.807) is 23.8 Å². The zero-order valence-corrected chi connectivity index (χ0v) is 26.2. The first-order valence-corrected chi connectivity index (χ1v) is 15.6. The third-order valence-electron chi connectivity index (χ3n) is 8.23. The summed E-state index contributed by atoms with van der Waals surface area (Å²) in [5.74, 6) is 2.23. The van der Waals surface area contributed by atoms with Crippen molar-refractivity contribution in [1.82, 2.24) is 14.7 Å². The Hall–Kier alpha value is -3.26. The maximum atomic E-state index is 14.0. The molecule has 218 valence electrons. The highest BCUT2D eigenvalue weighted by molar-refractivity contribution is 8.00. The number of rotatable bonds is 5. The first kappa shape index (κ1) is 29.2. The number of anilines is 1. The topological polar surface area (TPSA) is 67.7 Å². The second-order valence-electron chi connectivity index (χ2n) is 12.5. The maximum absolute atomic E-state index is 14.0. The van der Waals surface area contributed by atoms with E-state index in [0.29, 0.717) is 11.7 Å². The van der Waals surface area contributed by atoms with Crippen molar-refractivity contribution in [2.45, 2.75) is 65.0 Å². The number of likely N-dealkylation sites (tertiary alicyclic amines) is 1. The number of nitrogens with zero attached hydrogens (tertiary/aromatic N) is 4. The van der Waals surface area contributed by atoms with Crippen LogP contribution in [0.4, 0.5) is 5.82 Å². The number of aryl methyl sites for hydroxylation is 2. The molecule has 1 fully saturated rings. The third kappa shape index (κ3) is 5.76. The summed E-state index contributed by atoms with van der Waals surface area (Å²) in [4.78, 5) is 31.4. The molecule has 1 aromatic heterocycles. The van der Waals surface area contributed by atoms with Crippen LogP contribution < -0.4 is 9.64 Å². The molecule has 41 heavy (non-hydrogen) atoms. The van der Waals surface area contributed by atoms with E-state index in [9.17, 15) is 9.59 Å². The second kappa shape index (κ2) is 11.6. The lowest BCUT2D eigenvalue weighted by Gasteiger charge is -2.32. The van der Waals surface area contributed by atoms with E-state index in [1.165, 1.54) is 0 Å². The van der Waals surface area contributed by atoms with Crippen molar-refractivity contribution in [3.63, 3.8) is 0 Å². The van der Waals surface area contributed by atoms with Crippen molar-refractivity contribution in [2.75, 3.05) is 37.4 Å². The normalized spacial score (nSPS) is 18.3.